The first kappa shape index (κ1) is 19.0. The summed E-state index contributed by atoms with van der Waals surface area (Å²) < 4.78 is 0. The minimum Gasteiger partial charge on any atom is -0.324 e. The molecule has 1 aromatic carbocycles. The summed E-state index contributed by atoms with van der Waals surface area (Å²) in [6.45, 7) is -0.337. The number of benzene rings is 1. The second-order valence-corrected chi connectivity index (χ2v) is 7.75. The first-order valence-electron chi connectivity index (χ1n) is 8.80. The number of imide groups is 1. The van der Waals surface area contributed by atoms with Gasteiger partial charge in [-0.3, -0.25) is 14.5 Å². The molecule has 1 aliphatic carbocycles. The molecule has 2 aliphatic rings. The first-order chi connectivity index (χ1) is 12.4. The Labute approximate surface area is 162 Å². The van der Waals surface area contributed by atoms with Crippen LogP contribution in [-0.2, 0) is 9.59 Å². The van der Waals surface area contributed by atoms with Crippen molar-refractivity contribution in [3.05, 3.63) is 28.2 Å². The van der Waals surface area contributed by atoms with Crippen LogP contribution in [0.25, 0.3) is 0 Å². The van der Waals surface area contributed by atoms with Gasteiger partial charge in [-0.2, -0.15) is 0 Å². The van der Waals surface area contributed by atoms with Crippen molar-refractivity contribution < 1.29 is 14.4 Å². The number of amides is 4. The minimum absolute atomic E-state index is 0.302. The van der Waals surface area contributed by atoms with Crippen LogP contribution in [0.15, 0.2) is 18.2 Å². The van der Waals surface area contributed by atoms with Gasteiger partial charge in [-0.25, -0.2) is 4.79 Å². The summed E-state index contributed by atoms with van der Waals surface area (Å²) in [6.07, 6.45) is 6.31. The standard InChI is InChI=1S/C18H21Cl2N3O3/c19-12-8-13(20)10-14(9-12)21-15(24)11-23-16(25)18(22-17(23)26)6-4-2-1-3-5-7-18/h8-10H,1-7,11H2,(H,21,24)(H,22,26). The van der Waals surface area contributed by atoms with Gasteiger partial charge in [-0.05, 0) is 31.0 Å². The highest BCUT2D eigenvalue weighted by Crippen LogP contribution is 2.32. The Bertz CT molecular complexity index is 710. The average molecular weight is 398 g/mol. The summed E-state index contributed by atoms with van der Waals surface area (Å²) in [7, 11) is 0. The van der Waals surface area contributed by atoms with Crippen LogP contribution in [0, 0.1) is 0 Å². The molecule has 0 radical (unpaired) electrons. The van der Waals surface area contributed by atoms with E-state index in [1.807, 2.05) is 0 Å². The Morgan fingerprint density at radius 2 is 1.62 bits per heavy atom. The lowest BCUT2D eigenvalue weighted by atomic mass is 9.84. The van der Waals surface area contributed by atoms with Crippen LogP contribution < -0.4 is 10.6 Å². The number of nitrogens with zero attached hydrogens (tertiary/aromatic N) is 1. The number of urea groups is 1. The first-order valence-corrected chi connectivity index (χ1v) is 9.55. The molecule has 1 spiro atoms. The quantitative estimate of drug-likeness (QED) is 0.757. The van der Waals surface area contributed by atoms with Crippen LogP contribution in [0.4, 0.5) is 10.5 Å². The van der Waals surface area contributed by atoms with Crippen LogP contribution in [0.3, 0.4) is 0 Å². The van der Waals surface area contributed by atoms with Gasteiger partial charge < -0.3 is 10.6 Å². The minimum atomic E-state index is -0.850. The normalized spacial score (nSPS) is 19.8. The Hall–Kier alpha value is -1.79. The van der Waals surface area contributed by atoms with Gasteiger partial charge >= 0.3 is 6.03 Å². The fraction of sp³-hybridized carbons (Fsp3) is 0.500. The number of anilines is 1. The van der Waals surface area contributed by atoms with Gasteiger partial charge in [0, 0.05) is 15.7 Å². The summed E-state index contributed by atoms with van der Waals surface area (Å²) >= 11 is 11.8. The molecular formula is C18H21Cl2N3O3. The van der Waals surface area contributed by atoms with E-state index in [2.05, 4.69) is 10.6 Å². The maximum atomic E-state index is 12.9. The summed E-state index contributed by atoms with van der Waals surface area (Å²) in [5, 5.41) is 6.23. The highest BCUT2D eigenvalue weighted by Gasteiger charge is 2.50. The van der Waals surface area contributed by atoms with Crippen LogP contribution in [0.1, 0.15) is 44.9 Å². The molecule has 1 aromatic rings. The molecule has 3 rings (SSSR count). The Morgan fingerprint density at radius 3 is 2.23 bits per heavy atom. The molecule has 1 aliphatic heterocycles. The Balaban J connectivity index is 1.68. The summed E-state index contributed by atoms with van der Waals surface area (Å²) in [4.78, 5) is 38.5. The van der Waals surface area contributed by atoms with Crippen molar-refractivity contribution in [3.8, 4) is 0 Å². The summed E-state index contributed by atoms with van der Waals surface area (Å²) in [5.41, 5.74) is -0.433. The van der Waals surface area contributed by atoms with Crippen LogP contribution in [-0.4, -0.2) is 34.8 Å². The van der Waals surface area contributed by atoms with E-state index in [0.29, 0.717) is 28.6 Å². The van der Waals surface area contributed by atoms with Crippen molar-refractivity contribution in [2.24, 2.45) is 0 Å². The number of hydrogen-bond donors (Lipinski definition) is 2. The molecule has 8 heteroatoms. The second-order valence-electron chi connectivity index (χ2n) is 6.88. The van der Waals surface area contributed by atoms with Crippen LogP contribution >= 0.6 is 23.2 Å². The molecule has 6 nitrogen and oxygen atoms in total. The maximum absolute atomic E-state index is 12.9. The number of nitrogens with one attached hydrogen (secondary N) is 2. The largest absolute Gasteiger partial charge is 0.325 e. The van der Waals surface area contributed by atoms with Crippen LogP contribution in [0.5, 0.6) is 0 Å². The summed E-state index contributed by atoms with van der Waals surface area (Å²) in [6, 6.07) is 4.14. The zero-order chi connectivity index (χ0) is 18.7. The SMILES string of the molecule is O=C(CN1C(=O)NC2(CCCCCCC2)C1=O)Nc1cc(Cl)cc(Cl)c1. The highest BCUT2D eigenvalue weighted by molar-refractivity contribution is 6.35. The van der Waals surface area contributed by atoms with E-state index < -0.39 is 17.5 Å². The third-order valence-corrected chi connectivity index (χ3v) is 5.34. The van der Waals surface area contributed by atoms with Gasteiger partial charge in [-0.15, -0.1) is 0 Å². The number of carbonyl (C=O) groups is 3. The Morgan fingerprint density at radius 1 is 1.04 bits per heavy atom. The molecule has 0 unspecified atom stereocenters. The molecule has 26 heavy (non-hydrogen) atoms. The van der Waals surface area contributed by atoms with Crippen molar-refractivity contribution in [2.45, 2.75) is 50.5 Å². The Kier molecular flexibility index (Phi) is 5.73. The van der Waals surface area contributed by atoms with E-state index in [0.717, 1.165) is 37.0 Å². The molecule has 0 atom stereocenters. The third-order valence-electron chi connectivity index (χ3n) is 4.90. The molecule has 1 heterocycles. The average Bonchev–Trinajstić information content (AvgIpc) is 2.75. The molecule has 0 aromatic heterocycles. The maximum Gasteiger partial charge on any atom is 0.325 e. The highest BCUT2D eigenvalue weighted by atomic mass is 35.5. The van der Waals surface area contributed by atoms with Crippen molar-refractivity contribution in [1.29, 1.82) is 0 Å². The number of hydrogen-bond acceptors (Lipinski definition) is 3. The van der Waals surface area contributed by atoms with Crippen molar-refractivity contribution in [3.63, 3.8) is 0 Å². The predicted molar refractivity (Wildman–Crippen MR) is 100 cm³/mol. The monoisotopic (exact) mass is 397 g/mol. The zero-order valence-electron chi connectivity index (χ0n) is 14.3. The smallest absolute Gasteiger partial charge is 0.324 e. The van der Waals surface area contributed by atoms with E-state index in [4.69, 9.17) is 23.2 Å². The van der Waals surface area contributed by atoms with E-state index in [9.17, 15) is 14.4 Å². The van der Waals surface area contributed by atoms with E-state index in [-0.39, 0.29) is 12.5 Å². The molecule has 4 amide bonds. The van der Waals surface area contributed by atoms with E-state index >= 15 is 0 Å². The zero-order valence-corrected chi connectivity index (χ0v) is 15.8. The molecule has 1 saturated carbocycles. The molecule has 2 N–H and O–H groups in total. The van der Waals surface area contributed by atoms with Crippen molar-refractivity contribution >= 4 is 46.7 Å². The van der Waals surface area contributed by atoms with Gasteiger partial charge in [0.1, 0.15) is 12.1 Å². The lowest BCUT2D eigenvalue weighted by Crippen LogP contribution is -2.47. The molecule has 140 valence electrons. The van der Waals surface area contributed by atoms with Gasteiger partial charge in [0.15, 0.2) is 0 Å². The van der Waals surface area contributed by atoms with Crippen LogP contribution in [0.2, 0.25) is 10.0 Å². The number of rotatable bonds is 3. The molecule has 0 bridgehead atoms. The van der Waals surface area contributed by atoms with Crippen molar-refractivity contribution in [1.82, 2.24) is 10.2 Å². The lowest BCUT2D eigenvalue weighted by Gasteiger charge is -2.28. The fourth-order valence-corrected chi connectivity index (χ4v) is 4.16. The molecular weight excluding hydrogens is 377 g/mol. The van der Waals surface area contributed by atoms with Gasteiger partial charge in [-0.1, -0.05) is 55.3 Å². The third kappa shape index (κ3) is 4.13. The van der Waals surface area contributed by atoms with Gasteiger partial charge in [0.2, 0.25) is 5.91 Å². The van der Waals surface area contributed by atoms with Gasteiger partial charge in [0.05, 0.1) is 0 Å². The second kappa shape index (κ2) is 7.84. The molecule has 1 saturated heterocycles. The molecule has 2 fully saturated rings. The predicted octanol–water partition coefficient (Wildman–Crippen LogP) is 3.97. The fourth-order valence-electron chi connectivity index (χ4n) is 3.64. The summed E-state index contributed by atoms with van der Waals surface area (Å²) in [5.74, 6) is -0.779. The van der Waals surface area contributed by atoms with E-state index in [1.165, 1.54) is 0 Å². The topological polar surface area (TPSA) is 78.5 Å². The number of carbonyl (C=O) groups excluding carboxylic acids is 3. The van der Waals surface area contributed by atoms with Gasteiger partial charge in [0.25, 0.3) is 5.91 Å². The number of halogens is 2. The lowest BCUT2D eigenvalue weighted by molar-refractivity contribution is -0.134. The van der Waals surface area contributed by atoms with Crippen molar-refractivity contribution in [2.75, 3.05) is 11.9 Å². The van der Waals surface area contributed by atoms with E-state index in [1.54, 1.807) is 18.2 Å².